The summed E-state index contributed by atoms with van der Waals surface area (Å²) in [5.41, 5.74) is 2.75. The molecular weight excluding hydrogens is 260 g/mol. The number of hydrogen-bond acceptors (Lipinski definition) is 2. The average molecular weight is 282 g/mol. The highest BCUT2D eigenvalue weighted by molar-refractivity contribution is 5.43. The van der Waals surface area contributed by atoms with Crippen LogP contribution in [-0.4, -0.2) is 12.2 Å². The number of methoxy groups -OCH3 is 1. The fourth-order valence-corrected chi connectivity index (χ4v) is 3.59. The Labute approximate surface area is 126 Å². The first-order valence-electron chi connectivity index (χ1n) is 7.69. The largest absolute Gasteiger partial charge is 0.508 e. The van der Waals surface area contributed by atoms with Gasteiger partial charge in [-0.05, 0) is 48.2 Å². The zero-order valence-corrected chi connectivity index (χ0v) is 12.5. The van der Waals surface area contributed by atoms with E-state index in [9.17, 15) is 5.11 Å². The van der Waals surface area contributed by atoms with Crippen molar-refractivity contribution in [3.05, 3.63) is 59.7 Å². The summed E-state index contributed by atoms with van der Waals surface area (Å²) in [7, 11) is 1.70. The first-order valence-corrected chi connectivity index (χ1v) is 7.69. The molecule has 2 aromatic rings. The van der Waals surface area contributed by atoms with Crippen LogP contribution in [0.4, 0.5) is 0 Å². The number of aromatic hydroxyl groups is 1. The second-order valence-electron chi connectivity index (χ2n) is 5.92. The maximum atomic E-state index is 9.56. The number of phenolic OH excluding ortho intramolecular Hbond substituents is 1. The number of rotatable bonds is 3. The average Bonchev–Trinajstić information content (AvgIpc) is 2.56. The Hall–Kier alpha value is -1.96. The van der Waals surface area contributed by atoms with Gasteiger partial charge in [0.2, 0.25) is 0 Å². The fraction of sp³-hybridized carbons (Fsp3) is 0.368. The van der Waals surface area contributed by atoms with Gasteiger partial charge in [0.05, 0.1) is 7.11 Å². The van der Waals surface area contributed by atoms with Crippen molar-refractivity contribution in [1.29, 1.82) is 0 Å². The molecule has 0 heterocycles. The van der Waals surface area contributed by atoms with Crippen molar-refractivity contribution in [3.63, 3.8) is 0 Å². The molecule has 2 heteroatoms. The molecule has 0 unspecified atom stereocenters. The predicted octanol–water partition coefficient (Wildman–Crippen LogP) is 4.65. The van der Waals surface area contributed by atoms with E-state index < -0.39 is 0 Å². The van der Waals surface area contributed by atoms with Gasteiger partial charge in [-0.15, -0.1) is 0 Å². The number of phenols is 1. The van der Waals surface area contributed by atoms with Gasteiger partial charge in [-0.1, -0.05) is 43.5 Å². The molecule has 1 aliphatic rings. The van der Waals surface area contributed by atoms with Crippen LogP contribution >= 0.6 is 0 Å². The van der Waals surface area contributed by atoms with Gasteiger partial charge in [0.25, 0.3) is 0 Å². The van der Waals surface area contributed by atoms with Crippen LogP contribution in [0.25, 0.3) is 0 Å². The second-order valence-corrected chi connectivity index (χ2v) is 5.92. The number of ether oxygens (including phenoxy) is 1. The van der Waals surface area contributed by atoms with Gasteiger partial charge >= 0.3 is 0 Å². The van der Waals surface area contributed by atoms with Gasteiger partial charge in [-0.25, -0.2) is 0 Å². The van der Waals surface area contributed by atoms with E-state index in [4.69, 9.17) is 4.74 Å². The van der Waals surface area contributed by atoms with Crippen molar-refractivity contribution in [2.45, 2.75) is 37.5 Å². The van der Waals surface area contributed by atoms with Gasteiger partial charge in [0.1, 0.15) is 11.5 Å². The zero-order valence-electron chi connectivity index (χ0n) is 12.5. The van der Waals surface area contributed by atoms with Crippen LogP contribution in [0.15, 0.2) is 48.5 Å². The predicted molar refractivity (Wildman–Crippen MR) is 85.0 cm³/mol. The van der Waals surface area contributed by atoms with Crippen LogP contribution in [0.5, 0.6) is 11.5 Å². The topological polar surface area (TPSA) is 29.5 Å². The summed E-state index contributed by atoms with van der Waals surface area (Å²) in [5, 5.41) is 9.56. The lowest BCUT2D eigenvalue weighted by Gasteiger charge is -2.38. The Bertz CT molecular complexity index is 578. The Morgan fingerprint density at radius 1 is 0.810 bits per heavy atom. The molecule has 1 saturated carbocycles. The molecule has 1 fully saturated rings. The molecule has 2 nitrogen and oxygen atoms in total. The third-order valence-electron chi connectivity index (χ3n) is 4.77. The molecule has 21 heavy (non-hydrogen) atoms. The summed E-state index contributed by atoms with van der Waals surface area (Å²) in [6.45, 7) is 0. The van der Waals surface area contributed by atoms with E-state index >= 15 is 0 Å². The normalized spacial score (nSPS) is 17.4. The van der Waals surface area contributed by atoms with Crippen LogP contribution in [0.2, 0.25) is 0 Å². The van der Waals surface area contributed by atoms with Gasteiger partial charge < -0.3 is 9.84 Å². The number of benzene rings is 2. The summed E-state index contributed by atoms with van der Waals surface area (Å²) >= 11 is 0. The highest BCUT2D eigenvalue weighted by Crippen LogP contribution is 2.45. The van der Waals surface area contributed by atoms with Crippen molar-refractivity contribution in [2.75, 3.05) is 7.11 Å². The lowest BCUT2D eigenvalue weighted by atomic mass is 9.65. The molecule has 110 valence electrons. The second kappa shape index (κ2) is 5.80. The minimum atomic E-state index is 0.0816. The van der Waals surface area contributed by atoms with E-state index in [0.29, 0.717) is 5.75 Å². The van der Waals surface area contributed by atoms with Crippen LogP contribution in [0.1, 0.15) is 43.2 Å². The quantitative estimate of drug-likeness (QED) is 0.887. The van der Waals surface area contributed by atoms with Crippen LogP contribution in [0, 0.1) is 0 Å². The Kier molecular flexibility index (Phi) is 3.87. The monoisotopic (exact) mass is 282 g/mol. The Balaban J connectivity index is 2.05. The summed E-state index contributed by atoms with van der Waals surface area (Å²) < 4.78 is 5.28. The molecule has 0 atom stereocenters. The SMILES string of the molecule is COc1ccc(C2(c3ccc(O)cc3)CCCCC2)cc1. The summed E-state index contributed by atoms with van der Waals surface area (Å²) in [5.74, 6) is 1.23. The third kappa shape index (κ3) is 2.63. The van der Waals surface area contributed by atoms with Crippen molar-refractivity contribution in [2.24, 2.45) is 0 Å². The van der Waals surface area contributed by atoms with Crippen LogP contribution < -0.4 is 4.74 Å². The van der Waals surface area contributed by atoms with Crippen LogP contribution in [0.3, 0.4) is 0 Å². The summed E-state index contributed by atoms with van der Waals surface area (Å²) in [4.78, 5) is 0. The van der Waals surface area contributed by atoms with E-state index in [1.165, 1.54) is 43.2 Å². The molecule has 1 aliphatic carbocycles. The maximum Gasteiger partial charge on any atom is 0.118 e. The molecule has 0 bridgehead atoms. The molecule has 0 aromatic heterocycles. The van der Waals surface area contributed by atoms with Gasteiger partial charge in [0, 0.05) is 5.41 Å². The zero-order chi connectivity index (χ0) is 14.7. The van der Waals surface area contributed by atoms with Crippen molar-refractivity contribution in [3.8, 4) is 11.5 Å². The molecule has 0 amide bonds. The van der Waals surface area contributed by atoms with E-state index in [1.807, 2.05) is 12.1 Å². The molecule has 0 spiro atoms. The summed E-state index contributed by atoms with van der Waals surface area (Å²) in [6.07, 6.45) is 6.17. The first kappa shape index (κ1) is 14.0. The van der Waals surface area contributed by atoms with E-state index in [2.05, 4.69) is 24.3 Å². The molecule has 0 aliphatic heterocycles. The smallest absolute Gasteiger partial charge is 0.118 e. The number of hydrogen-bond donors (Lipinski definition) is 1. The lowest BCUT2D eigenvalue weighted by molar-refractivity contribution is 0.345. The molecule has 2 aromatic carbocycles. The minimum absolute atomic E-state index is 0.0816. The molecular formula is C19H22O2. The van der Waals surface area contributed by atoms with Gasteiger partial charge in [-0.3, -0.25) is 0 Å². The van der Waals surface area contributed by atoms with Gasteiger partial charge in [-0.2, -0.15) is 0 Å². The Morgan fingerprint density at radius 3 is 1.86 bits per heavy atom. The van der Waals surface area contributed by atoms with E-state index in [-0.39, 0.29) is 5.41 Å². The maximum absolute atomic E-state index is 9.56. The first-order chi connectivity index (χ1) is 10.2. The highest BCUT2D eigenvalue weighted by atomic mass is 16.5. The standard InChI is InChI=1S/C19H22O2/c1-21-18-11-7-16(8-12-18)19(13-3-2-4-14-19)15-5-9-17(20)10-6-15/h5-12,20H,2-4,13-14H2,1H3. The minimum Gasteiger partial charge on any atom is -0.508 e. The van der Waals surface area contributed by atoms with Crippen molar-refractivity contribution >= 4 is 0 Å². The molecule has 0 radical (unpaired) electrons. The van der Waals surface area contributed by atoms with Crippen LogP contribution in [-0.2, 0) is 5.41 Å². The van der Waals surface area contributed by atoms with Gasteiger partial charge in [0.15, 0.2) is 0 Å². The summed E-state index contributed by atoms with van der Waals surface area (Å²) in [6, 6.07) is 16.2. The molecule has 0 saturated heterocycles. The van der Waals surface area contributed by atoms with E-state index in [0.717, 1.165) is 5.75 Å². The lowest BCUT2D eigenvalue weighted by Crippen LogP contribution is -2.30. The molecule has 3 rings (SSSR count). The van der Waals surface area contributed by atoms with Crippen molar-refractivity contribution < 1.29 is 9.84 Å². The van der Waals surface area contributed by atoms with Crippen molar-refractivity contribution in [1.82, 2.24) is 0 Å². The third-order valence-corrected chi connectivity index (χ3v) is 4.77. The molecule has 1 N–H and O–H groups in total. The highest BCUT2D eigenvalue weighted by Gasteiger charge is 2.35. The fourth-order valence-electron chi connectivity index (χ4n) is 3.59. The Morgan fingerprint density at radius 2 is 1.33 bits per heavy atom. The van der Waals surface area contributed by atoms with E-state index in [1.54, 1.807) is 19.2 Å².